The number of azide groups is 4. The van der Waals surface area contributed by atoms with Crippen molar-refractivity contribution in [2.75, 3.05) is 19.7 Å². The summed E-state index contributed by atoms with van der Waals surface area (Å²) in [6.45, 7) is 1.27. The van der Waals surface area contributed by atoms with Crippen molar-refractivity contribution in [2.24, 2.45) is 26.4 Å². The fourth-order valence-corrected chi connectivity index (χ4v) is 7.29. The molecule has 0 aromatic heterocycles. The van der Waals surface area contributed by atoms with Crippen LogP contribution in [0.25, 0.3) is 41.8 Å². The molecule has 1 aliphatic carbocycles. The molecule has 1 saturated carbocycles. The van der Waals surface area contributed by atoms with Gasteiger partial charge in [0.2, 0.25) is 0 Å². The molecule has 3 heterocycles. The van der Waals surface area contributed by atoms with E-state index in [4.69, 9.17) is 39.5 Å². The summed E-state index contributed by atoms with van der Waals surface area (Å²) in [5.74, 6) is -0.939. The molecule has 0 amide bonds. The Balaban J connectivity index is 1.36. The Hall–Kier alpha value is -4.06. The molecule has 1 aromatic carbocycles. The minimum atomic E-state index is -1.79. The van der Waals surface area contributed by atoms with Crippen LogP contribution < -0.4 is 5.32 Å². The fourth-order valence-electron chi connectivity index (χ4n) is 7.29. The first kappa shape index (κ1) is 43.1. The van der Waals surface area contributed by atoms with Crippen molar-refractivity contribution in [1.82, 2.24) is 5.32 Å². The highest BCUT2D eigenvalue weighted by Gasteiger charge is 2.56. The molecule has 25 heteroatoms. The third-order valence-electron chi connectivity index (χ3n) is 10.3. The first-order valence-corrected chi connectivity index (χ1v) is 17.9. The Morgan fingerprint density at radius 1 is 0.696 bits per heavy atom. The molecule has 3 aliphatic heterocycles. The number of benzene rings is 1. The first-order valence-electron chi connectivity index (χ1n) is 17.9. The van der Waals surface area contributed by atoms with Gasteiger partial charge in [-0.1, -0.05) is 57.7 Å². The van der Waals surface area contributed by atoms with Gasteiger partial charge in [-0.25, -0.2) is 0 Å². The number of rotatable bonds is 16. The summed E-state index contributed by atoms with van der Waals surface area (Å²) in [5.41, 5.74) is 37.5. The average Bonchev–Trinajstić information content (AvgIpc) is 3.50. The quantitative estimate of drug-likeness (QED) is 0.0689. The van der Waals surface area contributed by atoms with Crippen LogP contribution in [0, 0.1) is 5.92 Å². The number of nitrogens with one attached hydrogen (secondary N) is 1. The van der Waals surface area contributed by atoms with Crippen LogP contribution in [0.2, 0.25) is 0 Å². The molecule has 25 nitrogen and oxygen atoms in total. The lowest BCUT2D eigenvalue weighted by atomic mass is 9.78. The number of hydrogen-bond acceptors (Lipinski definition) is 17. The molecule has 1 aromatic rings. The topological polar surface area (TPSA) is 384 Å². The van der Waals surface area contributed by atoms with E-state index in [9.17, 15) is 41.7 Å². The third kappa shape index (κ3) is 9.90. The Kier molecular flexibility index (Phi) is 15.7. The Morgan fingerprint density at radius 2 is 1.36 bits per heavy atom. The van der Waals surface area contributed by atoms with Gasteiger partial charge in [-0.05, 0) is 40.5 Å². The smallest absolute Gasteiger partial charge is 0.187 e. The average molecular weight is 792 g/mol. The van der Waals surface area contributed by atoms with Crippen LogP contribution in [0.15, 0.2) is 50.8 Å². The summed E-state index contributed by atoms with van der Waals surface area (Å²) < 4.78 is 36.1. The fraction of sp³-hybridized carbons (Fsp3) is 0.806. The van der Waals surface area contributed by atoms with E-state index in [1.54, 1.807) is 6.92 Å². The normalized spacial score (nSPS) is 41.0. The van der Waals surface area contributed by atoms with Crippen LogP contribution in [-0.4, -0.2) is 154 Å². The van der Waals surface area contributed by atoms with E-state index >= 15 is 0 Å². The standard InChI is InChI=1S/C31H45N13O12/c1-13-21(46)19(39-43-34)24(49)28(26(13)54-29-16(38-42-33)8-7-15(51-29)10-36-9-14-5-3-2-4-6-14)56-31-25(50)27(18(12-45)53-31)55-30-20(40-44-35)23(48)22(47)17(52-30)11-37-41-32/h2-6,13,15-31,36,45-50H,7-12H2,1H3. The largest absolute Gasteiger partial charge is 0.394 e. The lowest BCUT2D eigenvalue weighted by molar-refractivity contribution is -0.302. The van der Waals surface area contributed by atoms with Crippen LogP contribution >= 0.6 is 0 Å². The van der Waals surface area contributed by atoms with Crippen LogP contribution in [0.1, 0.15) is 25.3 Å². The molecule has 0 radical (unpaired) electrons. The Morgan fingerprint density at radius 3 is 2.04 bits per heavy atom. The maximum absolute atomic E-state index is 11.5. The predicted octanol–water partition coefficient (Wildman–Crippen LogP) is 0.680. The summed E-state index contributed by atoms with van der Waals surface area (Å²) in [5, 5.41) is 83.1. The second-order valence-corrected chi connectivity index (χ2v) is 13.8. The van der Waals surface area contributed by atoms with Gasteiger partial charge in [-0.2, -0.15) is 0 Å². The van der Waals surface area contributed by atoms with Crippen molar-refractivity contribution in [1.29, 1.82) is 0 Å². The molecule has 7 N–H and O–H groups in total. The molecule has 56 heavy (non-hydrogen) atoms. The van der Waals surface area contributed by atoms with Crippen molar-refractivity contribution in [2.45, 2.75) is 130 Å². The molecular weight excluding hydrogens is 746 g/mol. The van der Waals surface area contributed by atoms with Crippen LogP contribution in [0.5, 0.6) is 0 Å². The molecule has 18 unspecified atom stereocenters. The lowest BCUT2D eigenvalue weighted by Gasteiger charge is -2.48. The summed E-state index contributed by atoms with van der Waals surface area (Å²) in [6.07, 6.45) is -19.6. The second kappa shape index (κ2) is 20.4. The van der Waals surface area contributed by atoms with Gasteiger partial charge < -0.3 is 64.4 Å². The number of ether oxygens (including phenoxy) is 6. The van der Waals surface area contributed by atoms with Gasteiger partial charge in [0, 0.05) is 38.7 Å². The van der Waals surface area contributed by atoms with Crippen LogP contribution in [0.4, 0.5) is 0 Å². The molecule has 0 bridgehead atoms. The molecule has 3 saturated heterocycles. The molecule has 4 fully saturated rings. The Bertz CT molecular complexity index is 1630. The monoisotopic (exact) mass is 791 g/mol. The van der Waals surface area contributed by atoms with Gasteiger partial charge in [0.1, 0.15) is 36.6 Å². The third-order valence-corrected chi connectivity index (χ3v) is 10.3. The highest BCUT2D eigenvalue weighted by molar-refractivity contribution is 5.14. The van der Waals surface area contributed by atoms with Gasteiger partial charge in [0.15, 0.2) is 18.9 Å². The highest BCUT2D eigenvalue weighted by Crippen LogP contribution is 2.38. The SMILES string of the molecule is CC1C(O)C(N=[N+]=[N-])C(O)C(OC2OC(CO)C(OC3OC(CN=[N+]=[N-])C(O)C(O)C3N=[N+]=[N-])C2O)C1OC1OC(CNCc2ccccc2)CCC1N=[N+]=[N-]. The zero-order valence-corrected chi connectivity index (χ0v) is 30.0. The zero-order valence-electron chi connectivity index (χ0n) is 30.0. The van der Waals surface area contributed by atoms with E-state index in [-0.39, 0.29) is 0 Å². The molecular formula is C31H45N13O12. The molecule has 0 spiro atoms. The summed E-state index contributed by atoms with van der Waals surface area (Å²) in [6, 6.07) is 5.81. The van der Waals surface area contributed by atoms with Crippen LogP contribution in [-0.2, 0) is 35.0 Å². The summed E-state index contributed by atoms with van der Waals surface area (Å²) in [4.78, 5) is 11.0. The first-order chi connectivity index (χ1) is 27.1. The van der Waals surface area contributed by atoms with Gasteiger partial charge >= 0.3 is 0 Å². The van der Waals surface area contributed by atoms with Crippen molar-refractivity contribution in [3.63, 3.8) is 0 Å². The van der Waals surface area contributed by atoms with Gasteiger partial charge in [0.25, 0.3) is 0 Å². The van der Waals surface area contributed by atoms with E-state index in [0.29, 0.717) is 25.9 Å². The number of aliphatic hydroxyl groups excluding tert-OH is 6. The number of aliphatic hydroxyl groups is 6. The van der Waals surface area contributed by atoms with Gasteiger partial charge in [-0.3, -0.25) is 0 Å². The summed E-state index contributed by atoms with van der Waals surface area (Å²) >= 11 is 0. The van der Waals surface area contributed by atoms with E-state index in [1.807, 2.05) is 30.3 Å². The number of hydrogen-bond donors (Lipinski definition) is 7. The van der Waals surface area contributed by atoms with Gasteiger partial charge in [-0.15, -0.1) is 0 Å². The minimum Gasteiger partial charge on any atom is -0.394 e. The van der Waals surface area contributed by atoms with Crippen molar-refractivity contribution >= 4 is 0 Å². The predicted molar refractivity (Wildman–Crippen MR) is 187 cm³/mol. The van der Waals surface area contributed by atoms with E-state index in [2.05, 4.69) is 45.4 Å². The maximum Gasteiger partial charge on any atom is 0.187 e. The Labute approximate surface area is 318 Å². The van der Waals surface area contributed by atoms with Crippen molar-refractivity contribution in [3.05, 3.63) is 77.7 Å². The van der Waals surface area contributed by atoms with Gasteiger partial charge in [0.05, 0.1) is 61.9 Å². The van der Waals surface area contributed by atoms with Crippen molar-refractivity contribution in [3.8, 4) is 0 Å². The van der Waals surface area contributed by atoms with E-state index in [0.717, 1.165) is 5.56 Å². The van der Waals surface area contributed by atoms with E-state index < -0.39 is 123 Å². The van der Waals surface area contributed by atoms with E-state index in [1.165, 1.54) is 0 Å². The lowest BCUT2D eigenvalue weighted by Crippen LogP contribution is -2.63. The highest BCUT2D eigenvalue weighted by atomic mass is 16.8. The summed E-state index contributed by atoms with van der Waals surface area (Å²) in [7, 11) is 0. The number of nitrogens with zero attached hydrogens (tertiary/aromatic N) is 12. The molecule has 18 atom stereocenters. The molecule has 4 aliphatic rings. The van der Waals surface area contributed by atoms with Crippen LogP contribution in [0.3, 0.4) is 0 Å². The minimum absolute atomic E-state index is 0.364. The zero-order chi connectivity index (χ0) is 40.4. The second-order valence-electron chi connectivity index (χ2n) is 13.8. The maximum atomic E-state index is 11.5. The van der Waals surface area contributed by atoms with Crippen molar-refractivity contribution < 1.29 is 59.1 Å². The molecule has 5 rings (SSSR count). The molecule has 306 valence electrons.